The van der Waals surface area contributed by atoms with E-state index in [4.69, 9.17) is 17.2 Å². The molecule has 0 aliphatic rings. The summed E-state index contributed by atoms with van der Waals surface area (Å²) in [6.07, 6.45) is -0.132. The van der Waals surface area contributed by atoms with Crippen molar-refractivity contribution in [3.05, 3.63) is 0 Å². The first-order valence-corrected chi connectivity index (χ1v) is 11.8. The summed E-state index contributed by atoms with van der Waals surface area (Å²) in [5.74, 6) is -5.12. The lowest BCUT2D eigenvalue weighted by molar-refractivity contribution is -0.133. The zero-order chi connectivity index (χ0) is 28.5. The molecular weight excluding hydrogens is 488 g/mol. The predicted molar refractivity (Wildman–Crippen MR) is 133 cm³/mol. The smallest absolute Gasteiger partial charge is 0.266 e. The highest BCUT2D eigenvalue weighted by Crippen LogP contribution is 2.07. The highest BCUT2D eigenvalue weighted by Gasteiger charge is 2.29. The number of nitrogens with zero attached hydrogens (tertiary/aromatic N) is 1. The van der Waals surface area contributed by atoms with Crippen molar-refractivity contribution < 1.29 is 33.6 Å². The second kappa shape index (κ2) is 17.4. The van der Waals surface area contributed by atoms with Gasteiger partial charge in [-0.3, -0.25) is 38.6 Å². The Bertz CT molecular complexity index is 890. The topological polar surface area (TPSA) is 258 Å². The minimum Gasteiger partial charge on any atom is -0.370 e. The van der Waals surface area contributed by atoms with E-state index in [9.17, 15) is 33.6 Å². The van der Waals surface area contributed by atoms with Crippen LogP contribution < -0.4 is 38.5 Å². The largest absolute Gasteiger partial charge is 0.370 e. The summed E-state index contributed by atoms with van der Waals surface area (Å²) in [6, 6.07) is -2.63. The lowest BCUT2D eigenvalue weighted by atomic mass is 10.0. The second-order valence-corrected chi connectivity index (χ2v) is 8.32. The van der Waals surface area contributed by atoms with Crippen LogP contribution in [0.1, 0.15) is 52.4 Å². The van der Waals surface area contributed by atoms with Crippen molar-refractivity contribution in [1.29, 1.82) is 0 Å². The third-order valence-corrected chi connectivity index (χ3v) is 5.23. The molecule has 0 rings (SSSR count). The van der Waals surface area contributed by atoms with Gasteiger partial charge in [0.1, 0.15) is 17.8 Å². The van der Waals surface area contributed by atoms with Gasteiger partial charge in [0.05, 0.1) is 13.0 Å². The van der Waals surface area contributed by atoms with Crippen molar-refractivity contribution in [1.82, 2.24) is 21.3 Å². The summed E-state index contributed by atoms with van der Waals surface area (Å²) in [4.78, 5) is 87.2. The molecule has 0 aromatic heterocycles. The van der Waals surface area contributed by atoms with Crippen LogP contribution in [0.3, 0.4) is 0 Å². The summed E-state index contributed by atoms with van der Waals surface area (Å²) in [6.45, 7) is 3.35. The van der Waals surface area contributed by atoms with Crippen LogP contribution in [-0.2, 0) is 33.6 Å². The fourth-order valence-electron chi connectivity index (χ4n) is 3.07. The molecule has 0 aliphatic heterocycles. The summed E-state index contributed by atoms with van der Waals surface area (Å²) in [5.41, 5.74) is 15.5. The normalized spacial score (nSPS) is 13.4. The van der Waals surface area contributed by atoms with E-state index in [-0.39, 0.29) is 50.4 Å². The molecule has 0 bridgehead atoms. The van der Waals surface area contributed by atoms with Gasteiger partial charge in [-0.1, -0.05) is 13.8 Å². The number of nitrogens with two attached hydrogens (primary N) is 3. The van der Waals surface area contributed by atoms with Crippen molar-refractivity contribution in [2.45, 2.75) is 64.5 Å². The average molecular weight is 527 g/mol. The molecule has 0 aromatic carbocycles. The molecule has 0 radical (unpaired) electrons. The van der Waals surface area contributed by atoms with Gasteiger partial charge >= 0.3 is 0 Å². The van der Waals surface area contributed by atoms with Gasteiger partial charge < -0.3 is 38.5 Å². The summed E-state index contributed by atoms with van der Waals surface area (Å²) in [7, 11) is 1.44. The monoisotopic (exact) mass is 526 g/mol. The van der Waals surface area contributed by atoms with Gasteiger partial charge in [0.2, 0.25) is 35.4 Å². The van der Waals surface area contributed by atoms with Crippen LogP contribution in [0.4, 0.5) is 0 Å². The van der Waals surface area contributed by atoms with Gasteiger partial charge in [0, 0.05) is 32.4 Å². The molecule has 7 amide bonds. The molecule has 0 saturated heterocycles. The highest BCUT2D eigenvalue weighted by molar-refractivity contribution is 6.39. The number of rotatable bonds is 18. The van der Waals surface area contributed by atoms with Gasteiger partial charge in [-0.25, -0.2) is 0 Å². The second-order valence-electron chi connectivity index (χ2n) is 8.32. The zero-order valence-corrected chi connectivity index (χ0v) is 21.4. The Labute approximate surface area is 215 Å². The summed E-state index contributed by atoms with van der Waals surface area (Å²) in [5, 5.41) is 9.65. The molecular formula is C22H38N8O7. The van der Waals surface area contributed by atoms with Gasteiger partial charge in [-0.05, 0) is 19.3 Å². The van der Waals surface area contributed by atoms with Crippen LogP contribution in [0.25, 0.3) is 0 Å². The lowest BCUT2D eigenvalue weighted by Crippen LogP contribution is -2.55. The van der Waals surface area contributed by atoms with Gasteiger partial charge in [0.25, 0.3) is 5.91 Å². The third-order valence-electron chi connectivity index (χ3n) is 5.23. The lowest BCUT2D eigenvalue weighted by Gasteiger charge is -2.23. The maximum Gasteiger partial charge on any atom is 0.266 e. The van der Waals surface area contributed by atoms with Crippen LogP contribution in [0.15, 0.2) is 4.99 Å². The van der Waals surface area contributed by atoms with Crippen LogP contribution in [0.5, 0.6) is 0 Å². The molecule has 0 spiro atoms. The molecule has 0 saturated carbocycles. The zero-order valence-electron chi connectivity index (χ0n) is 21.4. The average Bonchev–Trinajstić information content (AvgIpc) is 2.82. The first kappa shape index (κ1) is 33.0. The Hall–Kier alpha value is -4.04. The molecule has 3 atom stereocenters. The van der Waals surface area contributed by atoms with Crippen LogP contribution >= 0.6 is 0 Å². The number of carbonyl (C=O) groups excluding carboxylic acids is 7. The number of hydrogen-bond donors (Lipinski definition) is 7. The van der Waals surface area contributed by atoms with E-state index in [2.05, 4.69) is 26.3 Å². The van der Waals surface area contributed by atoms with Crippen LogP contribution in [0, 0.1) is 5.92 Å². The molecule has 0 heterocycles. The molecule has 0 unspecified atom stereocenters. The fourth-order valence-corrected chi connectivity index (χ4v) is 3.07. The molecule has 15 heteroatoms. The number of amides is 7. The van der Waals surface area contributed by atoms with E-state index in [0.29, 0.717) is 6.42 Å². The van der Waals surface area contributed by atoms with Crippen LogP contribution in [0.2, 0.25) is 0 Å². The molecule has 15 nitrogen and oxygen atoms in total. The highest BCUT2D eigenvalue weighted by atomic mass is 16.2. The number of hydrogen-bond acceptors (Lipinski definition) is 8. The van der Waals surface area contributed by atoms with E-state index in [1.54, 1.807) is 6.92 Å². The molecule has 0 aromatic rings. The molecule has 37 heavy (non-hydrogen) atoms. The SMILES string of the molecule is CC[C@H](C)C(=NC)C(=O)N[C@@H](CCC(N)=O)C(=O)N[C@@H](CC(N)=O)C(=O)NCCCC(=O)NCC(N)=O. The van der Waals surface area contributed by atoms with Crippen molar-refractivity contribution in [3.63, 3.8) is 0 Å². The maximum atomic E-state index is 12.9. The number of nitrogens with one attached hydrogen (secondary N) is 4. The number of carbonyl (C=O) groups is 7. The van der Waals surface area contributed by atoms with Gasteiger partial charge in [-0.2, -0.15) is 0 Å². The maximum absolute atomic E-state index is 12.9. The number of aliphatic imine (C=N–C) groups is 1. The predicted octanol–water partition coefficient (Wildman–Crippen LogP) is -3.29. The van der Waals surface area contributed by atoms with E-state index < -0.39 is 59.9 Å². The van der Waals surface area contributed by atoms with E-state index in [1.807, 2.05) is 6.92 Å². The molecule has 208 valence electrons. The molecule has 10 N–H and O–H groups in total. The minimum absolute atomic E-state index is 0.0148. The first-order valence-electron chi connectivity index (χ1n) is 11.8. The van der Waals surface area contributed by atoms with E-state index >= 15 is 0 Å². The Balaban J connectivity index is 5.29. The number of primary amides is 3. The van der Waals surface area contributed by atoms with E-state index in [1.165, 1.54) is 7.05 Å². The Morgan fingerprint density at radius 1 is 0.811 bits per heavy atom. The summed E-state index contributed by atoms with van der Waals surface area (Å²) < 4.78 is 0. The third kappa shape index (κ3) is 14.2. The molecule has 0 aliphatic carbocycles. The minimum atomic E-state index is -1.38. The Morgan fingerprint density at radius 3 is 1.97 bits per heavy atom. The van der Waals surface area contributed by atoms with Crippen molar-refractivity contribution >= 4 is 47.1 Å². The van der Waals surface area contributed by atoms with Crippen LogP contribution in [-0.4, -0.2) is 79.3 Å². The van der Waals surface area contributed by atoms with Crippen molar-refractivity contribution in [2.24, 2.45) is 28.1 Å². The van der Waals surface area contributed by atoms with Gasteiger partial charge in [0.15, 0.2) is 0 Å². The first-order chi connectivity index (χ1) is 17.3. The Morgan fingerprint density at radius 2 is 1.46 bits per heavy atom. The molecule has 0 fully saturated rings. The summed E-state index contributed by atoms with van der Waals surface area (Å²) >= 11 is 0. The van der Waals surface area contributed by atoms with Crippen molar-refractivity contribution in [2.75, 3.05) is 20.1 Å². The Kier molecular flexibility index (Phi) is 15.5. The van der Waals surface area contributed by atoms with E-state index in [0.717, 1.165) is 0 Å². The van der Waals surface area contributed by atoms with Gasteiger partial charge in [-0.15, -0.1) is 0 Å². The fraction of sp³-hybridized carbons (Fsp3) is 0.636. The quantitative estimate of drug-likeness (QED) is 0.0706. The standard InChI is InChI=1S/C22H38N8O7/c1-4-12(2)19(26-3)22(37)29-13(7-8-15(23)31)21(36)30-14(10-16(24)32)20(35)27-9-5-6-18(34)28-11-17(25)33/h12-14H,4-11H2,1-3H3,(H2,23,31)(H2,24,32)(H2,25,33)(H,27,35)(H,28,34)(H,29,37)(H,30,36)/t12-,13-,14-/m0/s1. The van der Waals surface area contributed by atoms with Crippen molar-refractivity contribution in [3.8, 4) is 0 Å².